The number of anilines is 2. The summed E-state index contributed by atoms with van der Waals surface area (Å²) in [4.78, 5) is 2.20. The summed E-state index contributed by atoms with van der Waals surface area (Å²) in [6.07, 6.45) is 0.610. The maximum atomic E-state index is 11.7. The van der Waals surface area contributed by atoms with Gasteiger partial charge in [0.15, 0.2) is 0 Å². The van der Waals surface area contributed by atoms with E-state index in [0.29, 0.717) is 25.3 Å². The first-order chi connectivity index (χ1) is 9.11. The van der Waals surface area contributed by atoms with Crippen LogP contribution in [0.25, 0.3) is 0 Å². The lowest BCUT2D eigenvalue weighted by Crippen LogP contribution is -2.36. The molecule has 1 aromatic rings. The molecule has 0 aromatic heterocycles. The maximum Gasteiger partial charge on any atom is 0.232 e. The number of nitrogens with one attached hydrogen (secondary N) is 1. The van der Waals surface area contributed by atoms with E-state index < -0.39 is 10.0 Å². The first-order valence-electron chi connectivity index (χ1n) is 6.54. The van der Waals surface area contributed by atoms with Crippen LogP contribution < -0.4 is 9.62 Å². The molecule has 0 amide bonds. The van der Waals surface area contributed by atoms with Gasteiger partial charge in [0.1, 0.15) is 0 Å². The number of hydrogen-bond donors (Lipinski definition) is 1. The molecule has 106 valence electrons. The number of benzene rings is 1. The Morgan fingerprint density at radius 3 is 2.74 bits per heavy atom. The zero-order chi connectivity index (χ0) is 13.7. The van der Waals surface area contributed by atoms with Gasteiger partial charge in [-0.15, -0.1) is 0 Å². The third kappa shape index (κ3) is 4.11. The van der Waals surface area contributed by atoms with Crippen LogP contribution in [0.4, 0.5) is 11.4 Å². The molecule has 0 spiro atoms. The van der Waals surface area contributed by atoms with Gasteiger partial charge in [0.25, 0.3) is 0 Å². The molecule has 1 aliphatic rings. The van der Waals surface area contributed by atoms with E-state index in [-0.39, 0.29) is 5.75 Å². The van der Waals surface area contributed by atoms with Crippen molar-refractivity contribution in [3.63, 3.8) is 0 Å². The van der Waals surface area contributed by atoms with E-state index in [1.807, 2.05) is 25.1 Å². The lowest BCUT2D eigenvalue weighted by molar-refractivity contribution is 0.122. The van der Waals surface area contributed by atoms with Gasteiger partial charge in [0.05, 0.1) is 24.7 Å². The molecule has 1 N–H and O–H groups in total. The standard InChI is InChI=1S/C13H20N2O3S/c1-2-10-19(16,17)14-12-4-3-5-13(11-12)15-6-8-18-9-7-15/h3-5,11,14H,2,6-10H2,1H3. The average Bonchev–Trinajstić information content (AvgIpc) is 2.39. The highest BCUT2D eigenvalue weighted by atomic mass is 32.2. The van der Waals surface area contributed by atoms with Gasteiger partial charge in [-0.1, -0.05) is 13.0 Å². The van der Waals surface area contributed by atoms with Gasteiger partial charge in [-0.25, -0.2) is 8.42 Å². The summed E-state index contributed by atoms with van der Waals surface area (Å²) in [5.74, 6) is 0.148. The summed E-state index contributed by atoms with van der Waals surface area (Å²) >= 11 is 0. The minimum atomic E-state index is -3.23. The topological polar surface area (TPSA) is 58.6 Å². The van der Waals surface area contributed by atoms with Gasteiger partial charge >= 0.3 is 0 Å². The first-order valence-corrected chi connectivity index (χ1v) is 8.19. The Bertz CT molecular complexity index is 510. The molecule has 0 aliphatic carbocycles. The van der Waals surface area contributed by atoms with Gasteiger partial charge in [-0.05, 0) is 24.6 Å². The molecular formula is C13H20N2O3S. The predicted octanol–water partition coefficient (Wildman–Crippen LogP) is 1.67. The van der Waals surface area contributed by atoms with Crippen LogP contribution in [0.2, 0.25) is 0 Å². The molecule has 0 radical (unpaired) electrons. The Kier molecular flexibility index (Phi) is 4.66. The zero-order valence-electron chi connectivity index (χ0n) is 11.1. The van der Waals surface area contributed by atoms with Crippen LogP contribution in [-0.4, -0.2) is 40.5 Å². The van der Waals surface area contributed by atoms with Crippen molar-refractivity contribution in [2.75, 3.05) is 41.7 Å². The average molecular weight is 284 g/mol. The van der Waals surface area contributed by atoms with Crippen molar-refractivity contribution in [2.45, 2.75) is 13.3 Å². The second-order valence-electron chi connectivity index (χ2n) is 4.57. The van der Waals surface area contributed by atoms with Crippen LogP contribution in [0.3, 0.4) is 0 Å². The Balaban J connectivity index is 2.10. The quantitative estimate of drug-likeness (QED) is 0.893. The molecule has 0 unspecified atom stereocenters. The Labute approximate surface area is 114 Å². The van der Waals surface area contributed by atoms with E-state index in [1.54, 1.807) is 6.07 Å². The predicted molar refractivity (Wildman–Crippen MR) is 77.2 cm³/mol. The molecule has 2 rings (SSSR count). The largest absolute Gasteiger partial charge is 0.378 e. The van der Waals surface area contributed by atoms with E-state index in [0.717, 1.165) is 18.8 Å². The van der Waals surface area contributed by atoms with Gasteiger partial charge < -0.3 is 9.64 Å². The monoisotopic (exact) mass is 284 g/mol. The van der Waals surface area contributed by atoms with Crippen molar-refractivity contribution >= 4 is 21.4 Å². The molecule has 1 heterocycles. The number of ether oxygens (including phenoxy) is 1. The Hall–Kier alpha value is -1.27. The molecule has 6 heteroatoms. The van der Waals surface area contributed by atoms with Gasteiger partial charge in [0.2, 0.25) is 10.0 Å². The number of rotatable bonds is 5. The fourth-order valence-electron chi connectivity index (χ4n) is 2.09. The number of morpholine rings is 1. The molecule has 0 bridgehead atoms. The van der Waals surface area contributed by atoms with E-state index in [9.17, 15) is 8.42 Å². The molecule has 5 nitrogen and oxygen atoms in total. The molecule has 1 aromatic carbocycles. The SMILES string of the molecule is CCCS(=O)(=O)Nc1cccc(N2CCOCC2)c1. The fraction of sp³-hybridized carbons (Fsp3) is 0.538. The van der Waals surface area contributed by atoms with Crippen LogP contribution in [-0.2, 0) is 14.8 Å². The molecule has 1 aliphatic heterocycles. The number of nitrogens with zero attached hydrogens (tertiary/aromatic N) is 1. The zero-order valence-corrected chi connectivity index (χ0v) is 11.9. The highest BCUT2D eigenvalue weighted by molar-refractivity contribution is 7.92. The highest BCUT2D eigenvalue weighted by Crippen LogP contribution is 2.21. The van der Waals surface area contributed by atoms with Crippen molar-refractivity contribution < 1.29 is 13.2 Å². The van der Waals surface area contributed by atoms with E-state index in [2.05, 4.69) is 9.62 Å². The van der Waals surface area contributed by atoms with Crippen molar-refractivity contribution in [1.82, 2.24) is 0 Å². The second-order valence-corrected chi connectivity index (χ2v) is 6.41. The van der Waals surface area contributed by atoms with Crippen molar-refractivity contribution in [2.24, 2.45) is 0 Å². The summed E-state index contributed by atoms with van der Waals surface area (Å²) in [7, 11) is -3.23. The third-order valence-corrected chi connectivity index (χ3v) is 4.46. The second kappa shape index (κ2) is 6.25. The molecule has 0 saturated carbocycles. The van der Waals surface area contributed by atoms with E-state index in [1.165, 1.54) is 0 Å². The first kappa shape index (κ1) is 14.1. The summed E-state index contributed by atoms with van der Waals surface area (Å²) in [6.45, 7) is 4.96. The third-order valence-electron chi connectivity index (χ3n) is 2.97. The van der Waals surface area contributed by atoms with E-state index >= 15 is 0 Å². The van der Waals surface area contributed by atoms with Crippen molar-refractivity contribution in [3.8, 4) is 0 Å². The molecule has 19 heavy (non-hydrogen) atoms. The summed E-state index contributed by atoms with van der Waals surface area (Å²) in [6, 6.07) is 7.51. The minimum Gasteiger partial charge on any atom is -0.378 e. The van der Waals surface area contributed by atoms with Gasteiger partial charge in [-0.3, -0.25) is 4.72 Å². The van der Waals surface area contributed by atoms with Crippen LogP contribution in [0.15, 0.2) is 24.3 Å². The normalized spacial score (nSPS) is 16.4. The summed E-state index contributed by atoms with van der Waals surface area (Å²) in [5.41, 5.74) is 1.65. The minimum absolute atomic E-state index is 0.148. The molecule has 1 saturated heterocycles. The maximum absolute atomic E-state index is 11.7. The Morgan fingerprint density at radius 1 is 1.32 bits per heavy atom. The van der Waals surface area contributed by atoms with Crippen LogP contribution in [0, 0.1) is 0 Å². The lowest BCUT2D eigenvalue weighted by atomic mass is 10.2. The van der Waals surface area contributed by atoms with Gasteiger partial charge in [0, 0.05) is 18.8 Å². The number of hydrogen-bond acceptors (Lipinski definition) is 4. The molecule has 0 atom stereocenters. The lowest BCUT2D eigenvalue weighted by Gasteiger charge is -2.29. The smallest absolute Gasteiger partial charge is 0.232 e. The highest BCUT2D eigenvalue weighted by Gasteiger charge is 2.13. The fourth-order valence-corrected chi connectivity index (χ4v) is 3.21. The van der Waals surface area contributed by atoms with Crippen molar-refractivity contribution in [1.29, 1.82) is 0 Å². The van der Waals surface area contributed by atoms with Gasteiger partial charge in [-0.2, -0.15) is 0 Å². The summed E-state index contributed by atoms with van der Waals surface area (Å²) in [5, 5.41) is 0. The van der Waals surface area contributed by atoms with Crippen LogP contribution in [0.1, 0.15) is 13.3 Å². The molecular weight excluding hydrogens is 264 g/mol. The molecule has 1 fully saturated rings. The van der Waals surface area contributed by atoms with Crippen LogP contribution >= 0.6 is 0 Å². The van der Waals surface area contributed by atoms with Crippen molar-refractivity contribution in [3.05, 3.63) is 24.3 Å². The number of sulfonamides is 1. The van der Waals surface area contributed by atoms with Crippen LogP contribution in [0.5, 0.6) is 0 Å². The Morgan fingerprint density at radius 2 is 2.05 bits per heavy atom. The van der Waals surface area contributed by atoms with E-state index in [4.69, 9.17) is 4.74 Å². The summed E-state index contributed by atoms with van der Waals surface area (Å²) < 4.78 is 31.4.